The van der Waals surface area contributed by atoms with Gasteiger partial charge in [-0.15, -0.1) is 0 Å². The third-order valence-corrected chi connectivity index (χ3v) is 1.57. The first-order chi connectivity index (χ1) is 5.27. The number of methoxy groups -OCH3 is 1. The average Bonchev–Trinajstić information content (AvgIpc) is 2.05. The minimum absolute atomic E-state index is 0.778. The van der Waals surface area contributed by atoms with Crippen molar-refractivity contribution in [2.45, 2.75) is 6.92 Å². The second-order valence-electron chi connectivity index (χ2n) is 2.26. The summed E-state index contributed by atoms with van der Waals surface area (Å²) in [6.45, 7) is 1.95. The van der Waals surface area contributed by atoms with E-state index in [4.69, 9.17) is 4.74 Å². The zero-order chi connectivity index (χ0) is 8.27. The van der Waals surface area contributed by atoms with Crippen LogP contribution in [0.25, 0.3) is 0 Å². The number of rotatable bonds is 2. The fourth-order valence-electron chi connectivity index (χ4n) is 0.879. The Hall–Kier alpha value is -1.25. The summed E-state index contributed by atoms with van der Waals surface area (Å²) in [7, 11) is 3.50. The molecule has 0 amide bonds. The zero-order valence-corrected chi connectivity index (χ0v) is 7.01. The van der Waals surface area contributed by atoms with Gasteiger partial charge in [0.1, 0.15) is 5.75 Å². The molecule has 3 nitrogen and oxygen atoms in total. The molecule has 3 heteroatoms. The molecule has 0 fully saturated rings. The van der Waals surface area contributed by atoms with Gasteiger partial charge >= 0.3 is 0 Å². The Bertz CT molecular complexity index is 248. The second-order valence-corrected chi connectivity index (χ2v) is 2.26. The first kappa shape index (κ1) is 7.85. The minimum Gasteiger partial charge on any atom is -0.495 e. The highest BCUT2D eigenvalue weighted by Crippen LogP contribution is 2.17. The van der Waals surface area contributed by atoms with Gasteiger partial charge in [0.25, 0.3) is 0 Å². The molecule has 1 rings (SSSR count). The summed E-state index contributed by atoms with van der Waals surface area (Å²) >= 11 is 0. The molecule has 0 saturated carbocycles. The normalized spacial score (nSPS) is 9.36. The van der Waals surface area contributed by atoms with Gasteiger partial charge in [-0.25, -0.2) is 0 Å². The van der Waals surface area contributed by atoms with Crippen molar-refractivity contribution >= 4 is 5.69 Å². The lowest BCUT2D eigenvalue weighted by atomic mass is 10.3. The van der Waals surface area contributed by atoms with Crippen molar-refractivity contribution in [2.24, 2.45) is 0 Å². The van der Waals surface area contributed by atoms with E-state index in [-0.39, 0.29) is 0 Å². The SMILES string of the molecule is CNc1cc(OC)cnc1C. The van der Waals surface area contributed by atoms with Gasteiger partial charge in [0.15, 0.2) is 0 Å². The molecule has 0 aromatic carbocycles. The Kier molecular flexibility index (Phi) is 2.31. The molecule has 60 valence electrons. The lowest BCUT2D eigenvalue weighted by Gasteiger charge is -2.05. The first-order valence-electron chi connectivity index (χ1n) is 3.46. The van der Waals surface area contributed by atoms with Gasteiger partial charge in [0.05, 0.1) is 24.7 Å². The Labute approximate surface area is 66.4 Å². The number of anilines is 1. The van der Waals surface area contributed by atoms with Gasteiger partial charge in [-0.05, 0) is 6.92 Å². The van der Waals surface area contributed by atoms with Crippen LogP contribution in [0.4, 0.5) is 5.69 Å². The summed E-state index contributed by atoms with van der Waals surface area (Å²) in [6.07, 6.45) is 1.70. The molecule has 0 aliphatic carbocycles. The van der Waals surface area contributed by atoms with E-state index in [0.29, 0.717) is 0 Å². The predicted octanol–water partition coefficient (Wildman–Crippen LogP) is 1.44. The summed E-state index contributed by atoms with van der Waals surface area (Å²) in [5, 5.41) is 3.03. The number of nitrogens with zero attached hydrogens (tertiary/aromatic N) is 1. The first-order valence-corrected chi connectivity index (χ1v) is 3.46. The third kappa shape index (κ3) is 1.61. The minimum atomic E-state index is 0.778. The highest BCUT2D eigenvalue weighted by Gasteiger charge is 1.98. The summed E-state index contributed by atoms with van der Waals surface area (Å²) in [4.78, 5) is 4.13. The van der Waals surface area contributed by atoms with Gasteiger partial charge in [-0.2, -0.15) is 0 Å². The molecule has 0 radical (unpaired) electrons. The molecular formula is C8H12N2O. The molecule has 1 aromatic heterocycles. The summed E-state index contributed by atoms with van der Waals surface area (Å²) in [5.41, 5.74) is 1.98. The summed E-state index contributed by atoms with van der Waals surface area (Å²) in [6, 6.07) is 1.92. The number of aromatic nitrogens is 1. The molecule has 0 aliphatic heterocycles. The molecule has 1 heterocycles. The highest BCUT2D eigenvalue weighted by molar-refractivity contribution is 5.50. The van der Waals surface area contributed by atoms with Gasteiger partial charge in [0, 0.05) is 13.1 Å². The quantitative estimate of drug-likeness (QED) is 0.696. The number of hydrogen-bond acceptors (Lipinski definition) is 3. The fraction of sp³-hybridized carbons (Fsp3) is 0.375. The zero-order valence-electron chi connectivity index (χ0n) is 7.01. The number of ether oxygens (including phenoxy) is 1. The van der Waals surface area contributed by atoms with Crippen molar-refractivity contribution in [3.63, 3.8) is 0 Å². The standard InChI is InChI=1S/C8H12N2O/c1-6-8(9-2)4-7(11-3)5-10-6/h4-5,9H,1-3H3. The topological polar surface area (TPSA) is 34.1 Å². The van der Waals surface area contributed by atoms with Crippen molar-refractivity contribution in [3.8, 4) is 5.75 Å². The van der Waals surface area contributed by atoms with Crippen LogP contribution in [-0.4, -0.2) is 19.1 Å². The molecule has 0 unspecified atom stereocenters. The van der Waals surface area contributed by atoms with E-state index in [9.17, 15) is 0 Å². The van der Waals surface area contributed by atoms with Crippen LogP contribution >= 0.6 is 0 Å². The number of nitrogens with one attached hydrogen (secondary N) is 1. The Balaban J connectivity index is 3.02. The maximum atomic E-state index is 5.01. The van der Waals surface area contributed by atoms with Crippen molar-refractivity contribution in [3.05, 3.63) is 18.0 Å². The monoisotopic (exact) mass is 152 g/mol. The molecule has 1 aromatic rings. The van der Waals surface area contributed by atoms with Gasteiger partial charge in [-0.1, -0.05) is 0 Å². The lowest BCUT2D eigenvalue weighted by Crippen LogP contribution is -1.95. The average molecular weight is 152 g/mol. The molecule has 0 saturated heterocycles. The van der Waals surface area contributed by atoms with Crippen LogP contribution in [0.5, 0.6) is 5.75 Å². The van der Waals surface area contributed by atoms with Crippen LogP contribution in [0.3, 0.4) is 0 Å². The molecule has 0 bridgehead atoms. The number of hydrogen-bond donors (Lipinski definition) is 1. The Morgan fingerprint density at radius 1 is 1.55 bits per heavy atom. The highest BCUT2D eigenvalue weighted by atomic mass is 16.5. The van der Waals surface area contributed by atoms with Crippen LogP contribution in [-0.2, 0) is 0 Å². The third-order valence-electron chi connectivity index (χ3n) is 1.57. The van der Waals surface area contributed by atoms with Crippen LogP contribution in [0.1, 0.15) is 5.69 Å². The van der Waals surface area contributed by atoms with Gasteiger partial charge < -0.3 is 10.1 Å². The molecule has 0 atom stereocenters. The molecule has 0 aliphatic rings. The van der Waals surface area contributed by atoms with Crippen LogP contribution in [0, 0.1) is 6.92 Å². The second kappa shape index (κ2) is 3.23. The lowest BCUT2D eigenvalue weighted by molar-refractivity contribution is 0.413. The Morgan fingerprint density at radius 3 is 2.82 bits per heavy atom. The van der Waals surface area contributed by atoms with Crippen LogP contribution in [0.15, 0.2) is 12.3 Å². The molecule has 1 N–H and O–H groups in total. The van der Waals surface area contributed by atoms with E-state index in [1.54, 1.807) is 13.3 Å². The van der Waals surface area contributed by atoms with E-state index in [1.165, 1.54) is 0 Å². The fourth-order valence-corrected chi connectivity index (χ4v) is 0.879. The maximum absolute atomic E-state index is 5.01. The van der Waals surface area contributed by atoms with Crippen molar-refractivity contribution in [1.82, 2.24) is 4.98 Å². The van der Waals surface area contributed by atoms with E-state index in [2.05, 4.69) is 10.3 Å². The van der Waals surface area contributed by atoms with E-state index in [1.807, 2.05) is 20.0 Å². The van der Waals surface area contributed by atoms with Gasteiger partial charge in [0.2, 0.25) is 0 Å². The van der Waals surface area contributed by atoms with Gasteiger partial charge in [-0.3, -0.25) is 4.98 Å². The summed E-state index contributed by atoms with van der Waals surface area (Å²) < 4.78 is 5.01. The van der Waals surface area contributed by atoms with Crippen LogP contribution in [0.2, 0.25) is 0 Å². The van der Waals surface area contributed by atoms with Crippen molar-refractivity contribution in [2.75, 3.05) is 19.5 Å². The molecule has 11 heavy (non-hydrogen) atoms. The molecular weight excluding hydrogens is 140 g/mol. The van der Waals surface area contributed by atoms with E-state index >= 15 is 0 Å². The Morgan fingerprint density at radius 2 is 2.27 bits per heavy atom. The van der Waals surface area contributed by atoms with Crippen molar-refractivity contribution in [1.29, 1.82) is 0 Å². The van der Waals surface area contributed by atoms with Crippen LogP contribution < -0.4 is 10.1 Å². The molecule has 0 spiro atoms. The predicted molar refractivity (Wildman–Crippen MR) is 45.1 cm³/mol. The van der Waals surface area contributed by atoms with Crippen molar-refractivity contribution < 1.29 is 4.74 Å². The number of aryl methyl sites for hydroxylation is 1. The smallest absolute Gasteiger partial charge is 0.139 e. The van der Waals surface area contributed by atoms with E-state index < -0.39 is 0 Å². The summed E-state index contributed by atoms with van der Waals surface area (Å²) in [5.74, 6) is 0.778. The van der Waals surface area contributed by atoms with E-state index in [0.717, 1.165) is 17.1 Å². The number of pyridine rings is 1. The largest absolute Gasteiger partial charge is 0.495 e. The maximum Gasteiger partial charge on any atom is 0.139 e.